The Morgan fingerprint density at radius 1 is 0.676 bits per heavy atom. The summed E-state index contributed by atoms with van der Waals surface area (Å²) in [5.41, 5.74) is 1.60. The molecule has 0 saturated carbocycles. The predicted octanol–water partition coefficient (Wildman–Crippen LogP) is 4.98. The third kappa shape index (κ3) is 3.03. The van der Waals surface area contributed by atoms with Gasteiger partial charge in [-0.2, -0.15) is 0 Å². The molecule has 34 heavy (non-hydrogen) atoms. The lowest BCUT2D eigenvalue weighted by atomic mass is 9.83. The third-order valence-electron chi connectivity index (χ3n) is 6.67. The van der Waals surface area contributed by atoms with Gasteiger partial charge in [-0.15, -0.1) is 0 Å². The molecule has 0 atom stereocenters. The first-order chi connectivity index (χ1) is 16.5. The zero-order chi connectivity index (χ0) is 23.4. The van der Waals surface area contributed by atoms with Crippen LogP contribution in [0.2, 0.25) is 0 Å². The molecular weight excluding hydrogens is 432 g/mol. The number of aryl methyl sites for hydroxylation is 2. The number of benzene rings is 3. The van der Waals surface area contributed by atoms with Crippen LogP contribution in [0, 0.1) is 0 Å². The van der Waals surface area contributed by atoms with Crippen molar-refractivity contribution in [3.63, 3.8) is 0 Å². The topological polar surface area (TPSA) is 101 Å². The molecular formula is C28H20O6. The maximum atomic E-state index is 13.2. The maximum Gasteiger partial charge on any atom is 0.344 e. The van der Waals surface area contributed by atoms with E-state index in [0.717, 1.165) is 24.8 Å². The second-order valence-corrected chi connectivity index (χ2v) is 8.61. The van der Waals surface area contributed by atoms with Gasteiger partial charge in [0.1, 0.15) is 22.7 Å². The Hall–Kier alpha value is -4.32. The first kappa shape index (κ1) is 20.3. The molecule has 2 N–H and O–H groups in total. The highest BCUT2D eigenvalue weighted by Gasteiger charge is 2.33. The maximum absolute atomic E-state index is 13.2. The fourth-order valence-corrected chi connectivity index (χ4v) is 5.05. The molecule has 0 aliphatic heterocycles. The lowest BCUT2D eigenvalue weighted by Gasteiger charge is -2.20. The summed E-state index contributed by atoms with van der Waals surface area (Å²) in [6.07, 6.45) is 2.87. The summed E-state index contributed by atoms with van der Waals surface area (Å²) >= 11 is 0. The zero-order valence-corrected chi connectivity index (χ0v) is 18.1. The highest BCUT2D eigenvalue weighted by Crippen LogP contribution is 2.42. The van der Waals surface area contributed by atoms with E-state index in [9.17, 15) is 19.8 Å². The van der Waals surface area contributed by atoms with Crippen LogP contribution in [0.4, 0.5) is 0 Å². The minimum Gasteiger partial charge on any atom is -0.507 e. The molecule has 6 heteroatoms. The van der Waals surface area contributed by atoms with E-state index in [0.29, 0.717) is 16.3 Å². The van der Waals surface area contributed by atoms with Gasteiger partial charge in [0.2, 0.25) is 0 Å². The highest BCUT2D eigenvalue weighted by atomic mass is 16.4. The summed E-state index contributed by atoms with van der Waals surface area (Å²) in [5, 5.41) is 23.2. The minimum absolute atomic E-state index is 0.116. The van der Waals surface area contributed by atoms with E-state index >= 15 is 0 Å². The van der Waals surface area contributed by atoms with Crippen LogP contribution < -0.4 is 11.3 Å². The molecule has 0 fully saturated rings. The van der Waals surface area contributed by atoms with Crippen molar-refractivity contribution in [3.05, 3.63) is 115 Å². The Kier molecular flexibility index (Phi) is 4.55. The van der Waals surface area contributed by atoms with Gasteiger partial charge in [-0.1, -0.05) is 42.5 Å². The molecule has 2 heterocycles. The monoisotopic (exact) mass is 452 g/mol. The number of aromatic hydroxyl groups is 2. The van der Waals surface area contributed by atoms with E-state index in [1.807, 2.05) is 18.2 Å². The average Bonchev–Trinajstić information content (AvgIpc) is 3.31. The van der Waals surface area contributed by atoms with E-state index < -0.39 is 17.2 Å². The second kappa shape index (κ2) is 7.63. The average molecular weight is 452 g/mol. The molecule has 0 spiro atoms. The van der Waals surface area contributed by atoms with Crippen molar-refractivity contribution in [2.75, 3.05) is 0 Å². The summed E-state index contributed by atoms with van der Waals surface area (Å²) < 4.78 is 11.1. The summed E-state index contributed by atoms with van der Waals surface area (Å²) in [4.78, 5) is 26.4. The van der Waals surface area contributed by atoms with E-state index in [2.05, 4.69) is 0 Å². The van der Waals surface area contributed by atoms with Crippen LogP contribution in [0.3, 0.4) is 0 Å². The number of rotatable bonds is 3. The number of fused-ring (bicyclic) bond motifs is 3. The summed E-state index contributed by atoms with van der Waals surface area (Å²) in [5.74, 6) is -1.67. The van der Waals surface area contributed by atoms with Crippen LogP contribution in [0.15, 0.2) is 85.2 Å². The molecule has 6 rings (SSSR count). The van der Waals surface area contributed by atoms with Gasteiger partial charge in [0.15, 0.2) is 0 Å². The van der Waals surface area contributed by atoms with Crippen LogP contribution in [0.25, 0.3) is 21.9 Å². The van der Waals surface area contributed by atoms with E-state index in [4.69, 9.17) is 8.83 Å². The van der Waals surface area contributed by atoms with E-state index in [-0.39, 0.29) is 33.8 Å². The summed E-state index contributed by atoms with van der Waals surface area (Å²) in [6.45, 7) is 0. The Morgan fingerprint density at radius 3 is 1.79 bits per heavy atom. The van der Waals surface area contributed by atoms with Crippen LogP contribution in [-0.2, 0) is 12.8 Å². The Balaban J connectivity index is 1.72. The van der Waals surface area contributed by atoms with Gasteiger partial charge < -0.3 is 19.0 Å². The summed E-state index contributed by atoms with van der Waals surface area (Å²) in [7, 11) is 0. The molecule has 0 unspecified atom stereocenters. The third-order valence-corrected chi connectivity index (χ3v) is 6.67. The molecule has 0 saturated heterocycles. The molecule has 1 aliphatic carbocycles. The van der Waals surface area contributed by atoms with Crippen LogP contribution in [-0.4, -0.2) is 10.2 Å². The molecule has 0 amide bonds. The van der Waals surface area contributed by atoms with E-state index in [1.165, 1.54) is 5.56 Å². The number of hydrogen-bond acceptors (Lipinski definition) is 6. The predicted molar refractivity (Wildman–Crippen MR) is 128 cm³/mol. The molecule has 1 aliphatic rings. The van der Waals surface area contributed by atoms with Crippen molar-refractivity contribution in [2.45, 2.75) is 25.2 Å². The number of hydrogen-bond donors (Lipinski definition) is 2. The Labute approximate surface area is 193 Å². The largest absolute Gasteiger partial charge is 0.507 e. The molecule has 0 bridgehead atoms. The van der Waals surface area contributed by atoms with Gasteiger partial charge in [0, 0.05) is 0 Å². The molecule has 6 nitrogen and oxygen atoms in total. The van der Waals surface area contributed by atoms with Crippen LogP contribution in [0.1, 0.15) is 40.2 Å². The van der Waals surface area contributed by atoms with Gasteiger partial charge in [-0.3, -0.25) is 0 Å². The van der Waals surface area contributed by atoms with Crippen molar-refractivity contribution in [3.8, 4) is 11.5 Å². The molecule has 5 aromatic rings. The standard InChI is InChI=1S/C28H20O6/c29-25-18-8-1-3-10-20(18)33-27(31)23(25)22(17-13-12-15-6-5-7-16(15)14-17)24-26(30)19-9-2-4-11-21(19)34-28(24)32/h1-4,8-14,22,29-30H,5-7H2. The quantitative estimate of drug-likeness (QED) is 0.375. The van der Waals surface area contributed by atoms with E-state index in [1.54, 1.807) is 48.5 Å². The normalized spacial score (nSPS) is 13.1. The van der Waals surface area contributed by atoms with Gasteiger partial charge in [0.05, 0.1) is 27.8 Å². The lowest BCUT2D eigenvalue weighted by molar-refractivity contribution is 0.441. The highest BCUT2D eigenvalue weighted by molar-refractivity contribution is 5.87. The lowest BCUT2D eigenvalue weighted by Crippen LogP contribution is -2.21. The zero-order valence-electron chi connectivity index (χ0n) is 18.1. The van der Waals surface area contributed by atoms with Crippen molar-refractivity contribution >= 4 is 21.9 Å². The van der Waals surface area contributed by atoms with Crippen LogP contribution in [0.5, 0.6) is 11.5 Å². The van der Waals surface area contributed by atoms with Crippen molar-refractivity contribution in [1.29, 1.82) is 0 Å². The van der Waals surface area contributed by atoms with Crippen LogP contribution >= 0.6 is 0 Å². The Morgan fingerprint density at radius 2 is 1.21 bits per heavy atom. The first-order valence-corrected chi connectivity index (χ1v) is 11.1. The van der Waals surface area contributed by atoms with Crippen molar-refractivity contribution in [1.82, 2.24) is 0 Å². The van der Waals surface area contributed by atoms with Gasteiger partial charge >= 0.3 is 11.3 Å². The van der Waals surface area contributed by atoms with Crippen molar-refractivity contribution in [2.24, 2.45) is 0 Å². The second-order valence-electron chi connectivity index (χ2n) is 8.61. The fourth-order valence-electron chi connectivity index (χ4n) is 5.05. The SMILES string of the molecule is O=c1oc2ccccc2c(O)c1C(c1ccc2c(c1)CCC2)c1c(O)c2ccccc2oc1=O. The summed E-state index contributed by atoms with van der Waals surface area (Å²) in [6, 6.07) is 19.0. The minimum atomic E-state index is -1.09. The molecule has 2 aromatic heterocycles. The fraction of sp³-hybridized carbons (Fsp3) is 0.143. The Bertz CT molecular complexity index is 1610. The number of para-hydroxylation sites is 2. The molecule has 3 aromatic carbocycles. The van der Waals surface area contributed by atoms with Gasteiger partial charge in [0.25, 0.3) is 0 Å². The van der Waals surface area contributed by atoms with Crippen molar-refractivity contribution < 1.29 is 19.0 Å². The smallest absolute Gasteiger partial charge is 0.344 e. The van der Waals surface area contributed by atoms with Gasteiger partial charge in [-0.05, 0) is 60.2 Å². The molecule has 168 valence electrons. The first-order valence-electron chi connectivity index (χ1n) is 11.1. The van der Waals surface area contributed by atoms with Gasteiger partial charge in [-0.25, -0.2) is 9.59 Å². The molecule has 0 radical (unpaired) electrons.